The van der Waals surface area contributed by atoms with E-state index in [0.717, 1.165) is 0 Å². The van der Waals surface area contributed by atoms with Crippen LogP contribution in [0.15, 0.2) is 60.7 Å². The van der Waals surface area contributed by atoms with Crippen molar-refractivity contribution in [2.75, 3.05) is 6.26 Å². The molecule has 0 nitrogen and oxygen atoms in total. The van der Waals surface area contributed by atoms with Crippen molar-refractivity contribution in [2.24, 2.45) is 0 Å². The fourth-order valence-electron chi connectivity index (χ4n) is 2.20. The van der Waals surface area contributed by atoms with Crippen molar-refractivity contribution in [1.29, 1.82) is 0 Å². The van der Waals surface area contributed by atoms with Gasteiger partial charge in [0.25, 0.3) is 0 Å². The maximum atomic E-state index is 2.31. The Balaban J connectivity index is 2.25. The molecular formula is C16H18S. The molecule has 2 atom stereocenters. The van der Waals surface area contributed by atoms with E-state index in [1.54, 1.807) is 0 Å². The van der Waals surface area contributed by atoms with Crippen LogP contribution in [-0.4, -0.2) is 6.26 Å². The molecule has 0 bridgehead atoms. The van der Waals surface area contributed by atoms with Gasteiger partial charge in [0.15, 0.2) is 0 Å². The van der Waals surface area contributed by atoms with Crippen molar-refractivity contribution in [3.63, 3.8) is 0 Å². The third-order valence-electron chi connectivity index (χ3n) is 3.16. The largest absolute Gasteiger partial charge is 0.157 e. The molecule has 0 saturated heterocycles. The first-order valence-electron chi connectivity index (χ1n) is 5.95. The van der Waals surface area contributed by atoms with Gasteiger partial charge in [-0.25, -0.2) is 0 Å². The average molecular weight is 242 g/mol. The molecule has 0 amide bonds. The first-order valence-corrected chi connectivity index (χ1v) is 7.24. The van der Waals surface area contributed by atoms with E-state index >= 15 is 0 Å². The van der Waals surface area contributed by atoms with E-state index in [4.69, 9.17) is 0 Å². The molecule has 0 aliphatic carbocycles. The third kappa shape index (κ3) is 2.92. The van der Waals surface area contributed by atoms with Crippen LogP contribution in [0.25, 0.3) is 0 Å². The highest BCUT2D eigenvalue weighted by Crippen LogP contribution is 2.39. The molecule has 2 aromatic carbocycles. The summed E-state index contributed by atoms with van der Waals surface area (Å²) in [5.74, 6) is 0.536. The van der Waals surface area contributed by atoms with Crippen molar-refractivity contribution in [1.82, 2.24) is 0 Å². The fraction of sp³-hybridized carbons (Fsp3) is 0.250. The lowest BCUT2D eigenvalue weighted by Gasteiger charge is -2.23. The van der Waals surface area contributed by atoms with Crippen molar-refractivity contribution >= 4 is 11.8 Å². The second-order valence-electron chi connectivity index (χ2n) is 4.27. The van der Waals surface area contributed by atoms with E-state index < -0.39 is 0 Å². The molecule has 2 rings (SSSR count). The van der Waals surface area contributed by atoms with Gasteiger partial charge < -0.3 is 0 Å². The standard InChI is InChI=1S/C16H18S/c1-13(14-9-5-3-6-10-14)16(17-2)15-11-7-4-8-12-15/h3-13,16H,1-2H3. The summed E-state index contributed by atoms with van der Waals surface area (Å²) in [6.07, 6.45) is 2.19. The van der Waals surface area contributed by atoms with Crippen LogP contribution in [-0.2, 0) is 0 Å². The van der Waals surface area contributed by atoms with Gasteiger partial charge in [0.05, 0.1) is 0 Å². The van der Waals surface area contributed by atoms with Gasteiger partial charge in [0.1, 0.15) is 0 Å². The number of thioether (sulfide) groups is 1. The Labute approximate surface area is 108 Å². The van der Waals surface area contributed by atoms with Gasteiger partial charge in [-0.15, -0.1) is 0 Å². The first-order chi connectivity index (χ1) is 8.33. The number of hydrogen-bond acceptors (Lipinski definition) is 1. The first kappa shape index (κ1) is 12.3. The zero-order valence-electron chi connectivity index (χ0n) is 10.3. The molecule has 0 heterocycles. The predicted molar refractivity (Wildman–Crippen MR) is 77.6 cm³/mol. The SMILES string of the molecule is CSC(c1ccccc1)C(C)c1ccccc1. The summed E-state index contributed by atoms with van der Waals surface area (Å²) < 4.78 is 0. The van der Waals surface area contributed by atoms with Gasteiger partial charge in [-0.1, -0.05) is 67.6 Å². The number of rotatable bonds is 4. The monoisotopic (exact) mass is 242 g/mol. The second kappa shape index (κ2) is 5.92. The molecule has 2 aromatic rings. The van der Waals surface area contributed by atoms with Crippen LogP contribution in [0.5, 0.6) is 0 Å². The summed E-state index contributed by atoms with van der Waals surface area (Å²) in [5.41, 5.74) is 2.83. The Morgan fingerprint density at radius 1 is 0.765 bits per heavy atom. The summed E-state index contributed by atoms with van der Waals surface area (Å²) in [7, 11) is 0. The normalized spacial score (nSPS) is 14.2. The molecule has 0 aliphatic heterocycles. The van der Waals surface area contributed by atoms with E-state index in [1.165, 1.54) is 11.1 Å². The quantitative estimate of drug-likeness (QED) is 0.735. The maximum Gasteiger partial charge on any atom is 0.0360 e. The van der Waals surface area contributed by atoms with Crippen molar-refractivity contribution in [3.8, 4) is 0 Å². The lowest BCUT2D eigenvalue weighted by Crippen LogP contribution is -2.04. The molecule has 0 aromatic heterocycles. The van der Waals surface area contributed by atoms with Gasteiger partial charge in [-0.2, -0.15) is 11.8 Å². The van der Waals surface area contributed by atoms with Gasteiger partial charge in [0, 0.05) is 5.25 Å². The Kier molecular flexibility index (Phi) is 4.27. The summed E-state index contributed by atoms with van der Waals surface area (Å²) in [4.78, 5) is 0. The zero-order valence-corrected chi connectivity index (χ0v) is 11.2. The van der Waals surface area contributed by atoms with Crippen molar-refractivity contribution in [2.45, 2.75) is 18.1 Å². The van der Waals surface area contributed by atoms with E-state index in [0.29, 0.717) is 11.2 Å². The highest BCUT2D eigenvalue weighted by atomic mass is 32.2. The minimum Gasteiger partial charge on any atom is -0.157 e. The van der Waals surface area contributed by atoms with Crippen LogP contribution < -0.4 is 0 Å². The molecular weight excluding hydrogens is 224 g/mol. The van der Waals surface area contributed by atoms with E-state index in [9.17, 15) is 0 Å². The molecule has 0 radical (unpaired) electrons. The maximum absolute atomic E-state index is 2.31. The number of benzene rings is 2. The molecule has 0 aliphatic rings. The molecule has 0 N–H and O–H groups in total. The highest BCUT2D eigenvalue weighted by Gasteiger charge is 2.19. The van der Waals surface area contributed by atoms with E-state index in [-0.39, 0.29) is 0 Å². The minimum absolute atomic E-state index is 0.526. The highest BCUT2D eigenvalue weighted by molar-refractivity contribution is 7.98. The average Bonchev–Trinajstić information content (AvgIpc) is 2.42. The van der Waals surface area contributed by atoms with Crippen LogP contribution in [0.3, 0.4) is 0 Å². The second-order valence-corrected chi connectivity index (χ2v) is 5.25. The molecule has 1 heteroatoms. The van der Waals surface area contributed by atoms with Gasteiger partial charge in [0.2, 0.25) is 0 Å². The molecule has 2 unspecified atom stereocenters. The minimum atomic E-state index is 0.526. The molecule has 88 valence electrons. The predicted octanol–water partition coefficient (Wildman–Crippen LogP) is 4.89. The Morgan fingerprint density at radius 3 is 1.71 bits per heavy atom. The van der Waals surface area contributed by atoms with E-state index in [1.807, 2.05) is 11.8 Å². The van der Waals surface area contributed by atoms with Crippen LogP contribution >= 0.6 is 11.8 Å². The molecule has 0 saturated carbocycles. The Bertz CT molecular complexity index is 436. The zero-order chi connectivity index (χ0) is 12.1. The van der Waals surface area contributed by atoms with Gasteiger partial charge in [-0.3, -0.25) is 0 Å². The van der Waals surface area contributed by atoms with E-state index in [2.05, 4.69) is 73.8 Å². The van der Waals surface area contributed by atoms with Crippen LogP contribution in [0.4, 0.5) is 0 Å². The van der Waals surface area contributed by atoms with Crippen molar-refractivity contribution < 1.29 is 0 Å². The third-order valence-corrected chi connectivity index (χ3v) is 4.35. The topological polar surface area (TPSA) is 0 Å². The van der Waals surface area contributed by atoms with Crippen LogP contribution in [0, 0.1) is 0 Å². The van der Waals surface area contributed by atoms with Crippen LogP contribution in [0.1, 0.15) is 29.2 Å². The van der Waals surface area contributed by atoms with Crippen LogP contribution in [0.2, 0.25) is 0 Å². The molecule has 0 spiro atoms. The van der Waals surface area contributed by atoms with Crippen molar-refractivity contribution in [3.05, 3.63) is 71.8 Å². The number of hydrogen-bond donors (Lipinski definition) is 0. The smallest absolute Gasteiger partial charge is 0.0360 e. The Morgan fingerprint density at radius 2 is 1.24 bits per heavy atom. The lowest BCUT2D eigenvalue weighted by atomic mass is 9.93. The molecule has 17 heavy (non-hydrogen) atoms. The summed E-state index contributed by atoms with van der Waals surface area (Å²) >= 11 is 1.93. The van der Waals surface area contributed by atoms with Gasteiger partial charge >= 0.3 is 0 Å². The molecule has 0 fully saturated rings. The summed E-state index contributed by atoms with van der Waals surface area (Å²) in [6.45, 7) is 2.31. The van der Waals surface area contributed by atoms with Gasteiger partial charge in [-0.05, 0) is 23.3 Å². The Hall–Kier alpha value is -1.21. The summed E-state index contributed by atoms with van der Waals surface area (Å²) in [5, 5.41) is 0.526. The fourth-order valence-corrected chi connectivity index (χ4v) is 3.20. The lowest BCUT2D eigenvalue weighted by molar-refractivity contribution is 0.742. The summed E-state index contributed by atoms with van der Waals surface area (Å²) in [6, 6.07) is 21.5.